The maximum Gasteiger partial charge on any atom is 0.700 e. The summed E-state index contributed by atoms with van der Waals surface area (Å²) >= 11 is 0. The number of methoxy groups -OCH3 is 4. The Labute approximate surface area is 263 Å². The lowest BCUT2D eigenvalue weighted by Crippen LogP contribution is -2.53. The summed E-state index contributed by atoms with van der Waals surface area (Å²) in [6, 6.07) is 29.7. The van der Waals surface area contributed by atoms with Gasteiger partial charge in [0.25, 0.3) is 0 Å². The first kappa shape index (κ1) is 31.0. The third-order valence-electron chi connectivity index (χ3n) is 8.41. The Morgan fingerprint density at radius 2 is 0.733 bits per heavy atom. The molecule has 10 heteroatoms. The first-order valence-electron chi connectivity index (χ1n) is 14.5. The van der Waals surface area contributed by atoms with Crippen LogP contribution >= 0.6 is 8.25 Å². The van der Waals surface area contributed by atoms with Crippen LogP contribution in [0.4, 0.5) is 0 Å². The topological polar surface area (TPSA) is 90.9 Å². The van der Waals surface area contributed by atoms with Gasteiger partial charge in [-0.05, 0) is 84.6 Å². The van der Waals surface area contributed by atoms with Gasteiger partial charge >= 0.3 is 8.25 Å². The van der Waals surface area contributed by atoms with Gasteiger partial charge < -0.3 is 28.4 Å². The van der Waals surface area contributed by atoms with Crippen molar-refractivity contribution in [3.63, 3.8) is 0 Å². The minimum Gasteiger partial charge on any atom is -0.497 e. The van der Waals surface area contributed by atoms with E-state index in [9.17, 15) is 4.57 Å². The van der Waals surface area contributed by atoms with E-state index in [1.807, 2.05) is 111 Å². The largest absolute Gasteiger partial charge is 0.700 e. The van der Waals surface area contributed by atoms with Gasteiger partial charge in [0.05, 0.1) is 28.4 Å². The van der Waals surface area contributed by atoms with Crippen LogP contribution in [-0.4, -0.2) is 46.4 Å². The summed E-state index contributed by atoms with van der Waals surface area (Å²) < 4.78 is 63.2. The smallest absolute Gasteiger partial charge is 0.497 e. The minimum absolute atomic E-state index is 0.657. The van der Waals surface area contributed by atoms with E-state index >= 15 is 0 Å². The molecule has 0 amide bonds. The Hall–Kier alpha value is -3.98. The quantitative estimate of drug-likeness (QED) is 0.188. The number of ether oxygens (including phenoxy) is 6. The van der Waals surface area contributed by atoms with Gasteiger partial charge in [-0.15, -0.1) is 0 Å². The van der Waals surface area contributed by atoms with Crippen molar-refractivity contribution in [1.29, 1.82) is 0 Å². The van der Waals surface area contributed by atoms with E-state index in [-0.39, 0.29) is 0 Å². The van der Waals surface area contributed by atoms with E-state index < -0.39 is 37.5 Å². The van der Waals surface area contributed by atoms with Crippen molar-refractivity contribution in [2.75, 3.05) is 28.4 Å². The van der Waals surface area contributed by atoms with Gasteiger partial charge in [-0.1, -0.05) is 57.6 Å². The monoisotopic (exact) mass is 631 g/mol. The molecule has 4 aromatic carbocycles. The molecule has 234 valence electrons. The van der Waals surface area contributed by atoms with Gasteiger partial charge in [0.15, 0.2) is 5.79 Å². The molecule has 45 heavy (non-hydrogen) atoms. The second-order valence-corrected chi connectivity index (χ2v) is 12.1. The molecule has 0 radical (unpaired) electrons. The zero-order valence-electron chi connectivity index (χ0n) is 26.0. The van der Waals surface area contributed by atoms with Crippen LogP contribution in [0.3, 0.4) is 0 Å². The molecular formula is C35H36O9P+. The first-order chi connectivity index (χ1) is 21.7. The van der Waals surface area contributed by atoms with Crippen molar-refractivity contribution in [1.82, 2.24) is 0 Å². The second kappa shape index (κ2) is 12.1. The number of hydrogen-bond donors (Lipinski definition) is 0. The summed E-state index contributed by atoms with van der Waals surface area (Å²) in [6.07, 6.45) is -1.75. The van der Waals surface area contributed by atoms with Crippen LogP contribution in [0.15, 0.2) is 97.1 Å². The molecule has 0 aliphatic carbocycles. The van der Waals surface area contributed by atoms with E-state index in [2.05, 4.69) is 0 Å². The Morgan fingerprint density at radius 1 is 0.489 bits per heavy atom. The highest BCUT2D eigenvalue weighted by Crippen LogP contribution is 2.61. The van der Waals surface area contributed by atoms with Crippen LogP contribution in [0.25, 0.3) is 0 Å². The summed E-state index contributed by atoms with van der Waals surface area (Å²) in [5, 5.41) is 0. The SMILES string of the molecule is COc1ccc(C2(c3ccc(OC)cc3)O[P+](=O)OC(c3ccc(OC)cc3)(c3ccc(OC)cc3)[C@H]3OC(C)(C)O[C@@H]32)cc1. The van der Waals surface area contributed by atoms with E-state index in [1.54, 1.807) is 28.4 Å². The number of fused-ring (bicyclic) bond motifs is 1. The molecule has 0 bridgehead atoms. The van der Waals surface area contributed by atoms with E-state index in [0.717, 1.165) is 0 Å². The fourth-order valence-electron chi connectivity index (χ4n) is 6.27. The van der Waals surface area contributed by atoms with Gasteiger partial charge in [-0.3, -0.25) is 0 Å². The van der Waals surface area contributed by atoms with Crippen molar-refractivity contribution < 1.29 is 42.0 Å². The van der Waals surface area contributed by atoms with E-state index in [1.165, 1.54) is 0 Å². The average molecular weight is 632 g/mol. The van der Waals surface area contributed by atoms with Crippen molar-refractivity contribution in [3.8, 4) is 23.0 Å². The maximum absolute atomic E-state index is 14.4. The molecule has 2 heterocycles. The molecule has 0 saturated carbocycles. The minimum atomic E-state index is -2.82. The molecule has 0 aromatic heterocycles. The molecule has 2 saturated heterocycles. The Balaban J connectivity index is 1.66. The van der Waals surface area contributed by atoms with Crippen molar-refractivity contribution >= 4 is 8.25 Å². The molecule has 0 unspecified atom stereocenters. The fourth-order valence-corrected chi connectivity index (χ4v) is 7.41. The standard InChI is InChI=1S/C35H36O9P/c1-33(2)41-31-32(42-33)35(25-11-19-29(39-5)20-12-25,26-13-21-30(40-6)22-14-26)44-45(36)43-34(31,23-7-15-27(37-3)16-8-23)24-9-17-28(38-4)18-10-24/h7-22,31-32H,1-6H3/q+1/t31-,32-/m0/s1. The maximum atomic E-state index is 14.4. The van der Waals surface area contributed by atoms with Crippen molar-refractivity contribution in [2.45, 2.75) is 43.0 Å². The predicted molar refractivity (Wildman–Crippen MR) is 167 cm³/mol. The highest BCUT2D eigenvalue weighted by Gasteiger charge is 2.71. The summed E-state index contributed by atoms with van der Waals surface area (Å²) in [5.41, 5.74) is -0.195. The second-order valence-electron chi connectivity index (χ2n) is 11.3. The Kier molecular flexibility index (Phi) is 8.33. The number of hydrogen-bond acceptors (Lipinski definition) is 9. The van der Waals surface area contributed by atoms with Crippen LogP contribution in [0.5, 0.6) is 23.0 Å². The predicted octanol–water partition coefficient (Wildman–Crippen LogP) is 7.13. The molecule has 0 spiro atoms. The zero-order valence-corrected chi connectivity index (χ0v) is 26.9. The lowest BCUT2D eigenvalue weighted by Gasteiger charge is -2.38. The third kappa shape index (κ3) is 5.35. The summed E-state index contributed by atoms with van der Waals surface area (Å²) in [7, 11) is 3.59. The molecular weight excluding hydrogens is 595 g/mol. The highest BCUT2D eigenvalue weighted by molar-refractivity contribution is 7.33. The Bertz CT molecular complexity index is 1420. The van der Waals surface area contributed by atoms with Crippen molar-refractivity contribution in [2.24, 2.45) is 0 Å². The van der Waals surface area contributed by atoms with Gasteiger partial charge in [0.1, 0.15) is 35.2 Å². The molecule has 2 atom stereocenters. The molecule has 0 N–H and O–H groups in total. The fraction of sp³-hybridized carbons (Fsp3) is 0.314. The van der Waals surface area contributed by atoms with Crippen LogP contribution in [0.2, 0.25) is 0 Å². The van der Waals surface area contributed by atoms with Crippen LogP contribution in [0, 0.1) is 0 Å². The molecule has 2 aliphatic heterocycles. The molecule has 2 fully saturated rings. The summed E-state index contributed by atoms with van der Waals surface area (Å²) in [6.45, 7) is 3.70. The molecule has 4 aromatic rings. The van der Waals surface area contributed by atoms with Crippen LogP contribution < -0.4 is 18.9 Å². The number of rotatable bonds is 8. The highest BCUT2D eigenvalue weighted by atomic mass is 31.1. The normalized spacial score (nSPS) is 21.3. The van der Waals surface area contributed by atoms with E-state index in [4.69, 9.17) is 37.5 Å². The first-order valence-corrected chi connectivity index (χ1v) is 15.6. The average Bonchev–Trinajstić information content (AvgIpc) is 3.37. The summed E-state index contributed by atoms with van der Waals surface area (Å²) in [4.78, 5) is 0. The van der Waals surface area contributed by atoms with E-state index in [0.29, 0.717) is 45.3 Å². The van der Waals surface area contributed by atoms with Crippen LogP contribution in [-0.2, 0) is 34.3 Å². The Morgan fingerprint density at radius 3 is 0.956 bits per heavy atom. The van der Waals surface area contributed by atoms with Gasteiger partial charge in [0, 0.05) is 4.57 Å². The molecule has 9 nitrogen and oxygen atoms in total. The number of benzene rings is 4. The van der Waals surface area contributed by atoms with Crippen LogP contribution in [0.1, 0.15) is 36.1 Å². The van der Waals surface area contributed by atoms with Gasteiger partial charge in [-0.2, -0.15) is 0 Å². The zero-order chi connectivity index (χ0) is 31.8. The molecule has 6 rings (SSSR count). The van der Waals surface area contributed by atoms with Crippen molar-refractivity contribution in [3.05, 3.63) is 119 Å². The third-order valence-corrected chi connectivity index (χ3v) is 9.28. The lowest BCUT2D eigenvalue weighted by molar-refractivity contribution is -0.174. The lowest BCUT2D eigenvalue weighted by atomic mass is 9.72. The van der Waals surface area contributed by atoms with Gasteiger partial charge in [-0.25, -0.2) is 0 Å². The molecule has 2 aliphatic rings. The summed E-state index contributed by atoms with van der Waals surface area (Å²) in [5.74, 6) is 1.54. The van der Waals surface area contributed by atoms with Gasteiger partial charge in [0.2, 0.25) is 11.2 Å².